The lowest BCUT2D eigenvalue weighted by Crippen LogP contribution is -2.58. The number of aromatic amines is 2. The average Bonchev–Trinajstić information content (AvgIpc) is 1.58. The van der Waals surface area contributed by atoms with Gasteiger partial charge in [0.25, 0.3) is 5.56 Å². The van der Waals surface area contributed by atoms with E-state index in [0.29, 0.717) is 6.20 Å². The molecule has 0 amide bonds. The van der Waals surface area contributed by atoms with Crippen molar-refractivity contribution in [1.82, 2.24) is 28.7 Å². The van der Waals surface area contributed by atoms with Crippen LogP contribution in [0.15, 0.2) is 23.4 Å². The zero-order valence-corrected chi connectivity index (χ0v) is 58.5. The molecule has 0 spiro atoms. The Morgan fingerprint density at radius 1 is 0.461 bits per heavy atom. The van der Waals surface area contributed by atoms with Crippen molar-refractivity contribution in [2.24, 2.45) is 0 Å². The van der Waals surface area contributed by atoms with Crippen LogP contribution < -0.4 is 11.3 Å². The maximum Gasteiger partial charge on any atom is 0.490 e. The van der Waals surface area contributed by atoms with Crippen LogP contribution in [0.4, 0.5) is 58.5 Å². The van der Waals surface area contributed by atoms with Gasteiger partial charge in [0, 0.05) is 12.4 Å². The first-order valence-electron chi connectivity index (χ1n) is 24.1. The topological polar surface area (TPSA) is 731 Å². The molecule has 102 heavy (non-hydrogen) atoms. The van der Waals surface area contributed by atoms with Crippen LogP contribution in [-0.2, 0) is 94.7 Å². The molecule has 0 aliphatic carbocycles. The second-order valence-corrected chi connectivity index (χ2v) is 33.8. The molecule has 6 heterocycles. The van der Waals surface area contributed by atoms with Crippen molar-refractivity contribution >= 4 is 125 Å². The van der Waals surface area contributed by atoms with Crippen LogP contribution in [0.1, 0.15) is 18.7 Å². The Morgan fingerprint density at radius 2 is 0.725 bits per heavy atom. The third-order valence-electron chi connectivity index (χ3n) is 11.8. The SMILES string of the molecule is Nc1nc(=S)n([C@@H]2O[C@H](COP(=O)(O)OP(=O)(O)OP(=O)(O)O)[C@H](O)C2(O)C(F)(F)F)cc1F.O=P(O)(O)OP(=O)(O)OP(=O)(O)OC[C@H]1O[C@@H](n2cc(F)c(=S)[nH]c2=S)C(O)(C(F)(F)F)[C@H]1O.O=c1[nH]c(=S)n([C@@H]2O[C@H](COP(=O)(O)OP(=O)(O)OP(=O)(O)O)[C@H](O)C2(O)C(F)(F)F)cc1F. The maximum atomic E-state index is 13.8. The average molecular weight is 1770 g/mol. The van der Waals surface area contributed by atoms with Crippen molar-refractivity contribution in [3.8, 4) is 0 Å². The van der Waals surface area contributed by atoms with Gasteiger partial charge >= 0.3 is 88.9 Å². The summed E-state index contributed by atoms with van der Waals surface area (Å²) in [6.45, 7) is -4.73. The molecule has 3 aromatic rings. The number of aliphatic hydroxyl groups is 6. The minimum absolute atomic E-state index is 0.0770. The number of nitrogens with two attached hydrogens (primary N) is 1. The molecule has 22 N–H and O–H groups in total. The quantitative estimate of drug-likeness (QED) is 0.0343. The number of alkyl halides is 9. The third kappa shape index (κ3) is 23.2. The van der Waals surface area contributed by atoms with E-state index in [1.165, 1.54) is 0 Å². The number of ether oxygens (including phenoxy) is 3. The fraction of sp³-hybridized carbons (Fsp3) is 0.600. The summed E-state index contributed by atoms with van der Waals surface area (Å²) in [5.41, 5.74) is -9.02. The van der Waals surface area contributed by atoms with Crippen LogP contribution in [0.25, 0.3) is 0 Å². The highest BCUT2D eigenvalue weighted by Crippen LogP contribution is 2.69. The number of halogens is 12. The molecule has 6 rings (SSSR count). The molecule has 0 aromatic carbocycles. The van der Waals surface area contributed by atoms with E-state index in [1.54, 1.807) is 4.98 Å². The molecule has 3 fully saturated rings. The summed E-state index contributed by atoms with van der Waals surface area (Å²) in [4.78, 5) is 124. The van der Waals surface area contributed by atoms with E-state index in [1.807, 2.05) is 4.98 Å². The van der Waals surface area contributed by atoms with Crippen molar-refractivity contribution in [3.63, 3.8) is 0 Å². The Hall–Kier alpha value is -2.25. The number of rotatable bonds is 24. The standard InChI is InChI=1S/C10H14F4N3O13P3S.C10H13F4N2O14P3S.C10H13F4N2O13P3S2/c11-3-1-17(8(34)16-6(3)15)7-9(19,10(12,13)14)5(18)4(28-7)2-27-32(23,24)30-33(25,26)29-31(20,21)22;11-3-1-16(8(34)15-6(3)18)7-9(19,10(12,13)14)5(17)4(28-7)2-27-32(23,24)30-33(25,26)29-31(20,21)22;11-3-1-16(8(34)15-6(3)33)7-9(18,10(12,13)14)5(17)4(27-7)2-26-31(22,23)29-32(24,25)28-30(19,20)21/h1,4-5,7,18-19H,2H2,(H,23,24)(H,25,26)(H2,15,16,34)(H2,20,21,22);1,4-5,7,17,19H,2H2,(H,23,24)(H,25,26)(H,15,18,34)(H2,20,21,22);1,4-5,7,17-18H,2H2,(H,22,23)(H,24,25)(H,15,33,34)(H2,19,20,21)/t3*4-,5+,7-,9?/m111/s1. The Morgan fingerprint density at radius 3 is 1.01 bits per heavy atom. The second-order valence-electron chi connectivity index (χ2n) is 19.0. The Kier molecular flexibility index (Phi) is 28.9. The van der Waals surface area contributed by atoms with Gasteiger partial charge < -0.3 is 114 Å². The second kappa shape index (κ2) is 32.0. The van der Waals surface area contributed by atoms with E-state index in [4.69, 9.17) is 76.2 Å². The van der Waals surface area contributed by atoms with Gasteiger partial charge in [0.1, 0.15) is 41.3 Å². The van der Waals surface area contributed by atoms with Gasteiger partial charge in [0.2, 0.25) is 27.4 Å². The molecule has 18 atom stereocenters. The van der Waals surface area contributed by atoms with Gasteiger partial charge in [-0.25, -0.2) is 49.9 Å². The van der Waals surface area contributed by atoms with Gasteiger partial charge in [0.15, 0.2) is 45.7 Å². The number of nitrogen functional groups attached to an aromatic ring is 1. The predicted molar refractivity (Wildman–Crippen MR) is 296 cm³/mol. The third-order valence-corrected chi connectivity index (χ3v) is 24.4. The monoisotopic (exact) mass is 1770 g/mol. The molecule has 3 aromatic heterocycles. The van der Waals surface area contributed by atoms with Gasteiger partial charge in [-0.15, -0.1) is 0 Å². The molecule has 72 heteroatoms. The predicted octanol–water partition coefficient (Wildman–Crippen LogP) is 1.48. The van der Waals surface area contributed by atoms with E-state index >= 15 is 0 Å². The fourth-order valence-corrected chi connectivity index (χ4v) is 17.8. The zero-order chi connectivity index (χ0) is 79.5. The van der Waals surface area contributed by atoms with E-state index in [-0.39, 0.29) is 26.1 Å². The lowest BCUT2D eigenvalue weighted by Gasteiger charge is -2.33. The van der Waals surface area contributed by atoms with E-state index in [9.17, 15) is 144 Å². The number of phosphoric acid groups is 9. The van der Waals surface area contributed by atoms with E-state index in [0.717, 1.165) is 0 Å². The summed E-state index contributed by atoms with van der Waals surface area (Å²) < 4.78 is 310. The van der Waals surface area contributed by atoms with Crippen molar-refractivity contribution < 1.29 is 237 Å². The Bertz CT molecular complexity index is 4220. The lowest BCUT2D eigenvalue weighted by molar-refractivity contribution is -0.304. The molecular formula is C30H40F12N7O40P9S4. The molecule has 47 nitrogen and oxygen atoms in total. The highest BCUT2D eigenvalue weighted by atomic mass is 32.1. The number of phosphoric ester groups is 3. The van der Waals surface area contributed by atoms with Crippen LogP contribution in [0.3, 0.4) is 0 Å². The van der Waals surface area contributed by atoms with Crippen LogP contribution in [0.5, 0.6) is 0 Å². The molecule has 3 aliphatic heterocycles. The summed E-state index contributed by atoms with van der Waals surface area (Å²) in [5, 5.41) is 60.9. The minimum atomic E-state index is -5.97. The number of aromatic nitrogens is 6. The van der Waals surface area contributed by atoms with E-state index < -0.39 is 229 Å². The summed E-state index contributed by atoms with van der Waals surface area (Å²) in [6, 6.07) is 0. The van der Waals surface area contributed by atoms with Crippen molar-refractivity contribution in [1.29, 1.82) is 0 Å². The normalized spacial score (nSPS) is 29.5. The number of aliphatic hydroxyl groups excluding tert-OH is 3. The van der Waals surface area contributed by atoms with Gasteiger partial charge in [-0.3, -0.25) is 37.1 Å². The van der Waals surface area contributed by atoms with Gasteiger partial charge in [0.05, 0.1) is 26.0 Å². The first kappa shape index (κ1) is 92.1. The Balaban J connectivity index is 0.000000324. The highest BCUT2D eigenvalue weighted by Gasteiger charge is 2.74. The number of nitrogens with zero attached hydrogens (tertiary/aromatic N) is 4. The first-order valence-corrected chi connectivity index (χ1v) is 39.3. The minimum Gasteiger partial charge on any atom is -0.387 e. The van der Waals surface area contributed by atoms with Crippen LogP contribution in [0, 0.1) is 36.4 Å². The zero-order valence-electron chi connectivity index (χ0n) is 47.1. The Labute approximate surface area is 570 Å². The molecule has 3 saturated heterocycles. The van der Waals surface area contributed by atoms with Gasteiger partial charge in [-0.05, 0) is 36.7 Å². The largest absolute Gasteiger partial charge is 0.490 e. The molecule has 0 radical (unpaired) electrons. The van der Waals surface area contributed by atoms with Gasteiger partial charge in [-0.2, -0.15) is 74.8 Å². The van der Waals surface area contributed by atoms with Crippen LogP contribution in [-0.4, -0.2) is 210 Å². The number of hydrogen-bond donors (Lipinski definition) is 21. The number of anilines is 1. The van der Waals surface area contributed by atoms with Crippen LogP contribution in [0.2, 0.25) is 0 Å². The van der Waals surface area contributed by atoms with Crippen LogP contribution >= 0.6 is 119 Å². The molecular weight excluding hydrogens is 1730 g/mol. The molecule has 9 unspecified atom stereocenters. The summed E-state index contributed by atoms with van der Waals surface area (Å²) in [5.74, 6) is -5.19. The number of hydrogen-bond acceptors (Lipinski definition) is 34. The first-order chi connectivity index (χ1) is 45.3. The molecule has 0 saturated carbocycles. The maximum absolute atomic E-state index is 13.8. The lowest BCUT2D eigenvalue weighted by atomic mass is 9.93. The van der Waals surface area contributed by atoms with E-state index in [2.05, 4.69) is 81.1 Å². The molecule has 588 valence electrons. The summed E-state index contributed by atoms with van der Waals surface area (Å²) in [6.07, 6.45) is -40.8. The van der Waals surface area contributed by atoms with Crippen molar-refractivity contribution in [2.45, 2.75) is 90.6 Å². The smallest absolute Gasteiger partial charge is 0.387 e. The fourth-order valence-electron chi connectivity index (χ4n) is 7.78. The molecule has 0 bridgehead atoms. The number of nitrogens with one attached hydrogen (secondary N) is 2. The molecule has 3 aliphatic rings. The van der Waals surface area contributed by atoms with Crippen molar-refractivity contribution in [3.05, 3.63) is 65.3 Å². The van der Waals surface area contributed by atoms with Gasteiger partial charge in [-0.1, -0.05) is 12.2 Å². The highest BCUT2D eigenvalue weighted by molar-refractivity contribution is 7.72. The summed E-state index contributed by atoms with van der Waals surface area (Å²) >= 11 is 18.5. The summed E-state index contributed by atoms with van der Waals surface area (Å²) in [7, 11) is -52.5. The number of H-pyrrole nitrogens is 2. The van der Waals surface area contributed by atoms with Crippen molar-refractivity contribution in [2.75, 3.05) is 25.6 Å².